The Morgan fingerprint density at radius 3 is 3.00 bits per heavy atom. The van der Waals surface area contributed by atoms with Crippen molar-refractivity contribution < 1.29 is 4.39 Å². The summed E-state index contributed by atoms with van der Waals surface area (Å²) in [6, 6.07) is 5.25. The number of nitrogens with zero attached hydrogens (tertiary/aromatic N) is 1. The molecule has 0 bridgehead atoms. The molecule has 0 radical (unpaired) electrons. The molecule has 1 aromatic rings. The van der Waals surface area contributed by atoms with Crippen molar-refractivity contribution in [2.75, 3.05) is 13.1 Å². The number of likely N-dealkylation sites (tertiary alicyclic amines) is 1. The summed E-state index contributed by atoms with van der Waals surface area (Å²) in [4.78, 5) is 2.29. The minimum Gasteiger partial charge on any atom is -0.327 e. The third-order valence-corrected chi connectivity index (χ3v) is 3.49. The van der Waals surface area contributed by atoms with Gasteiger partial charge in [-0.15, -0.1) is 0 Å². The zero-order valence-electron chi connectivity index (χ0n) is 9.83. The maximum atomic E-state index is 13.3. The van der Waals surface area contributed by atoms with Gasteiger partial charge in [-0.25, -0.2) is 4.39 Å². The quantitative estimate of drug-likeness (QED) is 0.882. The highest BCUT2D eigenvalue weighted by atomic mass is 35.5. The third-order valence-electron chi connectivity index (χ3n) is 3.18. The van der Waals surface area contributed by atoms with Gasteiger partial charge in [0.25, 0.3) is 0 Å². The predicted octanol–water partition coefficient (Wildman–Crippen LogP) is 2.79. The van der Waals surface area contributed by atoms with E-state index in [4.69, 9.17) is 17.3 Å². The van der Waals surface area contributed by atoms with E-state index >= 15 is 0 Å². The number of benzene rings is 1. The van der Waals surface area contributed by atoms with Crippen molar-refractivity contribution >= 4 is 11.6 Å². The van der Waals surface area contributed by atoms with Crippen molar-refractivity contribution in [1.82, 2.24) is 4.90 Å². The Bertz CT molecular complexity index is 384. The SMILES string of the molecule is N[C@@H]1CCCCN(Cc2ccc(Cl)c(F)c2)C1. The average molecular weight is 257 g/mol. The van der Waals surface area contributed by atoms with Gasteiger partial charge in [-0.05, 0) is 37.1 Å². The molecule has 1 atom stereocenters. The summed E-state index contributed by atoms with van der Waals surface area (Å²) in [5.41, 5.74) is 6.96. The van der Waals surface area contributed by atoms with E-state index in [1.165, 1.54) is 18.9 Å². The second kappa shape index (κ2) is 5.80. The molecule has 1 aliphatic heterocycles. The first-order chi connectivity index (χ1) is 8.15. The van der Waals surface area contributed by atoms with Gasteiger partial charge in [-0.3, -0.25) is 4.90 Å². The maximum Gasteiger partial charge on any atom is 0.142 e. The summed E-state index contributed by atoms with van der Waals surface area (Å²) in [6.45, 7) is 2.68. The molecule has 0 aliphatic carbocycles. The van der Waals surface area contributed by atoms with Crippen molar-refractivity contribution in [3.05, 3.63) is 34.6 Å². The molecule has 1 aliphatic rings. The van der Waals surface area contributed by atoms with E-state index in [0.29, 0.717) is 0 Å². The largest absolute Gasteiger partial charge is 0.327 e. The highest BCUT2D eigenvalue weighted by Crippen LogP contribution is 2.18. The summed E-state index contributed by atoms with van der Waals surface area (Å²) in [5.74, 6) is -0.344. The zero-order valence-corrected chi connectivity index (χ0v) is 10.6. The molecule has 0 unspecified atom stereocenters. The number of rotatable bonds is 2. The Kier molecular flexibility index (Phi) is 4.37. The number of hydrogen-bond donors (Lipinski definition) is 1. The molecule has 2 rings (SSSR count). The van der Waals surface area contributed by atoms with Crippen molar-refractivity contribution in [2.24, 2.45) is 5.73 Å². The zero-order chi connectivity index (χ0) is 12.3. The third kappa shape index (κ3) is 3.66. The van der Waals surface area contributed by atoms with Crippen LogP contribution in [0.25, 0.3) is 0 Å². The van der Waals surface area contributed by atoms with E-state index in [9.17, 15) is 4.39 Å². The van der Waals surface area contributed by atoms with Gasteiger partial charge < -0.3 is 5.73 Å². The molecular weight excluding hydrogens is 239 g/mol. The van der Waals surface area contributed by atoms with Crippen LogP contribution in [0, 0.1) is 5.82 Å². The van der Waals surface area contributed by atoms with E-state index in [-0.39, 0.29) is 16.9 Å². The fraction of sp³-hybridized carbons (Fsp3) is 0.538. The van der Waals surface area contributed by atoms with Gasteiger partial charge in [-0.1, -0.05) is 24.1 Å². The number of hydrogen-bond acceptors (Lipinski definition) is 2. The van der Waals surface area contributed by atoms with E-state index in [0.717, 1.165) is 31.6 Å². The molecule has 1 aromatic carbocycles. The lowest BCUT2D eigenvalue weighted by Crippen LogP contribution is -2.35. The van der Waals surface area contributed by atoms with Gasteiger partial charge in [0.15, 0.2) is 0 Å². The van der Waals surface area contributed by atoms with Crippen LogP contribution in [0.15, 0.2) is 18.2 Å². The second-order valence-electron chi connectivity index (χ2n) is 4.74. The Morgan fingerprint density at radius 2 is 2.24 bits per heavy atom. The Morgan fingerprint density at radius 1 is 1.41 bits per heavy atom. The van der Waals surface area contributed by atoms with E-state index in [2.05, 4.69) is 4.90 Å². The van der Waals surface area contributed by atoms with E-state index < -0.39 is 0 Å². The number of nitrogens with two attached hydrogens (primary N) is 1. The smallest absolute Gasteiger partial charge is 0.142 e. The Labute approximate surface area is 107 Å². The maximum absolute atomic E-state index is 13.3. The van der Waals surface area contributed by atoms with Crippen molar-refractivity contribution in [1.29, 1.82) is 0 Å². The van der Waals surface area contributed by atoms with Crippen LogP contribution in [0.2, 0.25) is 5.02 Å². The summed E-state index contributed by atoms with van der Waals surface area (Å²) in [7, 11) is 0. The van der Waals surface area contributed by atoms with Gasteiger partial charge in [0.05, 0.1) is 5.02 Å². The first-order valence-electron chi connectivity index (χ1n) is 6.07. The molecule has 1 fully saturated rings. The van der Waals surface area contributed by atoms with Gasteiger partial charge in [0, 0.05) is 19.1 Å². The Balaban J connectivity index is 2.01. The molecule has 0 spiro atoms. The van der Waals surface area contributed by atoms with Gasteiger partial charge in [0.1, 0.15) is 5.82 Å². The lowest BCUT2D eigenvalue weighted by atomic mass is 10.1. The molecule has 2 N–H and O–H groups in total. The minimum atomic E-state index is -0.344. The monoisotopic (exact) mass is 256 g/mol. The van der Waals surface area contributed by atoms with Crippen LogP contribution >= 0.6 is 11.6 Å². The molecule has 94 valence electrons. The van der Waals surface area contributed by atoms with Gasteiger partial charge in [0.2, 0.25) is 0 Å². The predicted molar refractivity (Wildman–Crippen MR) is 68.5 cm³/mol. The first kappa shape index (κ1) is 12.8. The molecular formula is C13H18ClFN2. The molecule has 4 heteroatoms. The fourth-order valence-electron chi connectivity index (χ4n) is 2.30. The van der Waals surface area contributed by atoms with Crippen LogP contribution < -0.4 is 5.73 Å². The number of halogens is 2. The Hall–Kier alpha value is -0.640. The molecule has 1 heterocycles. The summed E-state index contributed by atoms with van der Waals surface area (Å²) < 4.78 is 13.3. The molecule has 2 nitrogen and oxygen atoms in total. The summed E-state index contributed by atoms with van der Waals surface area (Å²) >= 11 is 5.66. The normalized spacial score (nSPS) is 22.4. The topological polar surface area (TPSA) is 29.3 Å². The van der Waals surface area contributed by atoms with Crippen LogP contribution in [-0.2, 0) is 6.54 Å². The van der Waals surface area contributed by atoms with Crippen molar-refractivity contribution in [3.8, 4) is 0 Å². The highest BCUT2D eigenvalue weighted by molar-refractivity contribution is 6.30. The average Bonchev–Trinajstić information content (AvgIpc) is 2.48. The van der Waals surface area contributed by atoms with Crippen molar-refractivity contribution in [3.63, 3.8) is 0 Å². The molecule has 0 saturated carbocycles. The van der Waals surface area contributed by atoms with Crippen LogP contribution in [0.4, 0.5) is 4.39 Å². The standard InChI is InChI=1S/C13H18ClFN2/c14-12-5-4-10(7-13(12)15)8-17-6-2-1-3-11(16)9-17/h4-5,7,11H,1-3,6,8-9,16H2/t11-/m1/s1. The molecule has 0 amide bonds. The van der Waals surface area contributed by atoms with Crippen LogP contribution in [-0.4, -0.2) is 24.0 Å². The van der Waals surface area contributed by atoms with E-state index in [1.807, 2.05) is 6.07 Å². The molecule has 17 heavy (non-hydrogen) atoms. The van der Waals surface area contributed by atoms with Crippen LogP contribution in [0.1, 0.15) is 24.8 Å². The summed E-state index contributed by atoms with van der Waals surface area (Å²) in [6.07, 6.45) is 3.45. The van der Waals surface area contributed by atoms with Crippen molar-refractivity contribution in [2.45, 2.75) is 31.8 Å². The lowest BCUT2D eigenvalue weighted by Gasteiger charge is -2.22. The molecule has 0 aromatic heterocycles. The second-order valence-corrected chi connectivity index (χ2v) is 5.15. The lowest BCUT2D eigenvalue weighted by molar-refractivity contribution is 0.264. The van der Waals surface area contributed by atoms with E-state index in [1.54, 1.807) is 6.07 Å². The van der Waals surface area contributed by atoms with Gasteiger partial charge >= 0.3 is 0 Å². The fourth-order valence-corrected chi connectivity index (χ4v) is 2.41. The van der Waals surface area contributed by atoms with Crippen LogP contribution in [0.5, 0.6) is 0 Å². The highest BCUT2D eigenvalue weighted by Gasteiger charge is 2.15. The first-order valence-corrected chi connectivity index (χ1v) is 6.45. The molecule has 1 saturated heterocycles. The summed E-state index contributed by atoms with van der Waals surface area (Å²) in [5, 5.41) is 0.182. The minimum absolute atomic E-state index is 0.182. The van der Waals surface area contributed by atoms with Gasteiger partial charge in [-0.2, -0.15) is 0 Å². The van der Waals surface area contributed by atoms with Crippen LogP contribution in [0.3, 0.4) is 0 Å².